The quantitative estimate of drug-likeness (QED) is 0.787. The molecule has 1 aromatic rings. The van der Waals surface area contributed by atoms with Gasteiger partial charge in [0.25, 0.3) is 0 Å². The van der Waals surface area contributed by atoms with Gasteiger partial charge in [-0.1, -0.05) is 13.8 Å². The summed E-state index contributed by atoms with van der Waals surface area (Å²) in [7, 11) is 1.85. The molecule has 0 aromatic carbocycles. The molecule has 0 amide bonds. The lowest BCUT2D eigenvalue weighted by atomic mass is 9.99. The Balaban J connectivity index is 2.44. The number of rotatable bonds is 5. The highest BCUT2D eigenvalue weighted by atomic mass is 16.3. The lowest BCUT2D eigenvalue weighted by Gasteiger charge is -2.12. The molecule has 1 atom stereocenters. The van der Waals surface area contributed by atoms with Crippen LogP contribution in [0.2, 0.25) is 0 Å². The van der Waals surface area contributed by atoms with Crippen LogP contribution in [-0.2, 0) is 18.3 Å². The molecular weight excluding hydrogens is 192 g/mol. The van der Waals surface area contributed by atoms with Crippen LogP contribution in [0.4, 0.5) is 0 Å². The number of ketones is 1. The number of aromatic nitrogens is 2. The first-order chi connectivity index (χ1) is 7.02. The first kappa shape index (κ1) is 11.9. The Morgan fingerprint density at radius 3 is 2.73 bits per heavy atom. The van der Waals surface area contributed by atoms with Gasteiger partial charge in [-0.05, 0) is 18.4 Å². The maximum absolute atomic E-state index is 11.5. The predicted octanol–water partition coefficient (Wildman–Crippen LogP) is 0.939. The van der Waals surface area contributed by atoms with Crippen molar-refractivity contribution in [1.82, 2.24) is 9.78 Å². The largest absolute Gasteiger partial charge is 0.385 e. The zero-order chi connectivity index (χ0) is 11.4. The van der Waals surface area contributed by atoms with Crippen LogP contribution < -0.4 is 0 Å². The van der Waals surface area contributed by atoms with E-state index < -0.39 is 6.10 Å². The summed E-state index contributed by atoms with van der Waals surface area (Å²) < 4.78 is 1.75. The van der Waals surface area contributed by atoms with Crippen molar-refractivity contribution in [1.29, 1.82) is 0 Å². The van der Waals surface area contributed by atoms with E-state index in [9.17, 15) is 9.90 Å². The van der Waals surface area contributed by atoms with Gasteiger partial charge in [0.15, 0.2) is 5.78 Å². The minimum absolute atomic E-state index is 0.0102. The molecule has 0 spiro atoms. The molecule has 1 N–H and O–H groups in total. The number of aliphatic hydroxyl groups is 1. The summed E-state index contributed by atoms with van der Waals surface area (Å²) in [5.74, 6) is -0.102. The van der Waals surface area contributed by atoms with Crippen LogP contribution in [0.3, 0.4) is 0 Å². The van der Waals surface area contributed by atoms with E-state index >= 15 is 0 Å². The second kappa shape index (κ2) is 5.07. The summed E-state index contributed by atoms with van der Waals surface area (Å²) in [5.41, 5.74) is 1.01. The van der Waals surface area contributed by atoms with E-state index in [0.717, 1.165) is 5.69 Å². The maximum atomic E-state index is 11.5. The van der Waals surface area contributed by atoms with Crippen LogP contribution in [0.5, 0.6) is 0 Å². The van der Waals surface area contributed by atoms with Crippen LogP contribution in [0.1, 0.15) is 26.0 Å². The van der Waals surface area contributed by atoms with Gasteiger partial charge in [-0.3, -0.25) is 9.48 Å². The van der Waals surface area contributed by atoms with E-state index in [-0.39, 0.29) is 11.7 Å². The number of carbonyl (C=O) groups excluding carboxylic acids is 1. The molecule has 0 fully saturated rings. The third-order valence-electron chi connectivity index (χ3n) is 2.51. The normalized spacial score (nSPS) is 13.1. The van der Waals surface area contributed by atoms with Gasteiger partial charge >= 0.3 is 0 Å². The predicted molar refractivity (Wildman–Crippen MR) is 57.4 cm³/mol. The molecule has 1 rings (SSSR count). The highest BCUT2D eigenvalue weighted by molar-refractivity contribution is 5.83. The molecule has 0 aliphatic carbocycles. The number of hydrogen-bond donors (Lipinski definition) is 1. The zero-order valence-corrected chi connectivity index (χ0v) is 9.47. The highest BCUT2D eigenvalue weighted by Crippen LogP contribution is 2.08. The van der Waals surface area contributed by atoms with Gasteiger partial charge in [0.2, 0.25) is 0 Å². The lowest BCUT2D eigenvalue weighted by molar-refractivity contribution is -0.129. The van der Waals surface area contributed by atoms with Crippen LogP contribution in [0.25, 0.3) is 0 Å². The van der Waals surface area contributed by atoms with Gasteiger partial charge < -0.3 is 5.11 Å². The van der Waals surface area contributed by atoms with Crippen LogP contribution in [0.15, 0.2) is 12.3 Å². The highest BCUT2D eigenvalue weighted by Gasteiger charge is 2.18. The van der Waals surface area contributed by atoms with Crippen molar-refractivity contribution in [2.75, 3.05) is 0 Å². The average molecular weight is 210 g/mol. The number of Topliss-reactive ketones (excluding diaryl/α,β-unsaturated/α-hetero) is 1. The minimum Gasteiger partial charge on any atom is -0.385 e. The van der Waals surface area contributed by atoms with Crippen LogP contribution in [-0.4, -0.2) is 26.8 Å². The number of aliphatic hydroxyl groups excluding tert-OH is 1. The van der Waals surface area contributed by atoms with Gasteiger partial charge in [0.05, 0.1) is 0 Å². The minimum atomic E-state index is -0.835. The second-order valence-corrected chi connectivity index (χ2v) is 4.10. The van der Waals surface area contributed by atoms with E-state index in [1.54, 1.807) is 10.9 Å². The number of aryl methyl sites for hydroxylation is 2. The van der Waals surface area contributed by atoms with Crippen molar-refractivity contribution in [3.8, 4) is 0 Å². The second-order valence-electron chi connectivity index (χ2n) is 4.10. The Morgan fingerprint density at radius 1 is 1.60 bits per heavy atom. The fourth-order valence-corrected chi connectivity index (χ4v) is 1.42. The summed E-state index contributed by atoms with van der Waals surface area (Å²) in [5, 5.41) is 13.5. The topological polar surface area (TPSA) is 55.1 Å². The van der Waals surface area contributed by atoms with Gasteiger partial charge in [-0.2, -0.15) is 5.10 Å². The lowest BCUT2D eigenvalue weighted by Crippen LogP contribution is -2.26. The van der Waals surface area contributed by atoms with Crippen molar-refractivity contribution < 1.29 is 9.90 Å². The van der Waals surface area contributed by atoms with Crippen molar-refractivity contribution in [3.05, 3.63) is 18.0 Å². The van der Waals surface area contributed by atoms with Crippen molar-refractivity contribution >= 4 is 5.78 Å². The van der Waals surface area contributed by atoms with E-state index in [4.69, 9.17) is 0 Å². The van der Waals surface area contributed by atoms with E-state index in [2.05, 4.69) is 5.10 Å². The van der Waals surface area contributed by atoms with Gasteiger partial charge in [0.1, 0.15) is 6.10 Å². The Labute approximate surface area is 89.9 Å². The summed E-state index contributed by atoms with van der Waals surface area (Å²) in [6, 6.07) is 1.88. The van der Waals surface area contributed by atoms with E-state index in [0.29, 0.717) is 12.8 Å². The number of nitrogens with zero attached hydrogens (tertiary/aromatic N) is 2. The zero-order valence-electron chi connectivity index (χ0n) is 9.47. The molecule has 0 aliphatic rings. The SMILES string of the molecule is CC(C)C(O)C(=O)CCc1ccnn1C. The molecule has 1 aromatic heterocycles. The monoisotopic (exact) mass is 210 g/mol. The van der Waals surface area contributed by atoms with Gasteiger partial charge in [-0.25, -0.2) is 0 Å². The van der Waals surface area contributed by atoms with Gasteiger partial charge in [0, 0.05) is 25.4 Å². The summed E-state index contributed by atoms with van der Waals surface area (Å²) >= 11 is 0. The van der Waals surface area contributed by atoms with Crippen molar-refractivity contribution in [2.24, 2.45) is 13.0 Å². The first-order valence-corrected chi connectivity index (χ1v) is 5.20. The molecule has 1 unspecified atom stereocenters. The molecule has 4 nitrogen and oxygen atoms in total. The number of carbonyl (C=O) groups is 1. The third kappa shape index (κ3) is 3.16. The molecule has 0 radical (unpaired) electrons. The average Bonchev–Trinajstić information content (AvgIpc) is 2.59. The molecular formula is C11H18N2O2. The summed E-state index contributed by atoms with van der Waals surface area (Å²) in [4.78, 5) is 11.5. The Bertz CT molecular complexity index is 331. The molecule has 4 heteroatoms. The standard InChI is InChI=1S/C11H18N2O2/c1-8(2)11(15)10(14)5-4-9-6-7-12-13(9)3/h6-8,11,15H,4-5H2,1-3H3. The number of hydrogen-bond acceptors (Lipinski definition) is 3. The Kier molecular flexibility index (Phi) is 4.03. The summed E-state index contributed by atoms with van der Waals surface area (Å²) in [6.07, 6.45) is 1.88. The van der Waals surface area contributed by atoms with Gasteiger partial charge in [-0.15, -0.1) is 0 Å². The molecule has 84 valence electrons. The first-order valence-electron chi connectivity index (χ1n) is 5.20. The third-order valence-corrected chi connectivity index (χ3v) is 2.51. The molecule has 0 saturated carbocycles. The Morgan fingerprint density at radius 2 is 2.27 bits per heavy atom. The smallest absolute Gasteiger partial charge is 0.161 e. The Hall–Kier alpha value is -1.16. The van der Waals surface area contributed by atoms with E-state index in [1.807, 2.05) is 27.0 Å². The fraction of sp³-hybridized carbons (Fsp3) is 0.636. The van der Waals surface area contributed by atoms with Crippen molar-refractivity contribution in [3.63, 3.8) is 0 Å². The summed E-state index contributed by atoms with van der Waals surface area (Å²) in [6.45, 7) is 3.68. The van der Waals surface area contributed by atoms with E-state index in [1.165, 1.54) is 0 Å². The maximum Gasteiger partial charge on any atom is 0.161 e. The van der Waals surface area contributed by atoms with Crippen LogP contribution in [0, 0.1) is 5.92 Å². The van der Waals surface area contributed by atoms with Crippen LogP contribution >= 0.6 is 0 Å². The molecule has 15 heavy (non-hydrogen) atoms. The van der Waals surface area contributed by atoms with Crippen molar-refractivity contribution in [2.45, 2.75) is 32.8 Å². The molecule has 0 saturated heterocycles. The molecule has 0 aliphatic heterocycles. The molecule has 0 bridgehead atoms. The molecule has 1 heterocycles. The fourth-order valence-electron chi connectivity index (χ4n) is 1.42.